The lowest BCUT2D eigenvalue weighted by Gasteiger charge is -2.38. The minimum absolute atomic E-state index is 0.0767. The maximum Gasteiger partial charge on any atom is 0.311 e. The largest absolute Gasteiger partial charge is 0.461 e. The highest BCUT2D eigenvalue weighted by Gasteiger charge is 2.78. The monoisotopic (exact) mass is 498 g/mol. The second kappa shape index (κ2) is 9.82. The Labute approximate surface area is 211 Å². The van der Waals surface area contributed by atoms with E-state index in [4.69, 9.17) is 4.74 Å². The molecule has 2 bridgehead atoms. The zero-order valence-electron chi connectivity index (χ0n) is 20.4. The molecule has 0 saturated carbocycles. The highest BCUT2D eigenvalue weighted by molar-refractivity contribution is 8.02. The van der Waals surface area contributed by atoms with Gasteiger partial charge in [-0.1, -0.05) is 49.1 Å². The summed E-state index contributed by atoms with van der Waals surface area (Å²) < 4.78 is 4.19. The molecule has 7 nitrogen and oxygen atoms in total. The van der Waals surface area contributed by atoms with Gasteiger partial charge in [0, 0.05) is 17.8 Å². The van der Waals surface area contributed by atoms with Gasteiger partial charge in [0.05, 0.1) is 29.2 Å². The summed E-state index contributed by atoms with van der Waals surface area (Å²) in [5, 5.41) is 10.0. The number of aliphatic hydroxyl groups is 1. The smallest absolute Gasteiger partial charge is 0.311 e. The third-order valence-corrected chi connectivity index (χ3v) is 9.65. The third kappa shape index (κ3) is 4.10. The van der Waals surface area contributed by atoms with Gasteiger partial charge in [-0.25, -0.2) is 0 Å². The van der Waals surface area contributed by atoms with E-state index < -0.39 is 39.4 Å². The molecule has 3 saturated heterocycles. The maximum atomic E-state index is 14.3. The summed E-state index contributed by atoms with van der Waals surface area (Å²) in [6, 6.07) is 8.35. The van der Waals surface area contributed by atoms with E-state index >= 15 is 0 Å². The number of hydrogen-bond donors (Lipinski definition) is 1. The number of carbonyl (C=O) groups is 3. The van der Waals surface area contributed by atoms with E-state index in [2.05, 4.69) is 13.2 Å². The fourth-order valence-electron chi connectivity index (χ4n) is 6.16. The van der Waals surface area contributed by atoms with E-state index in [0.717, 1.165) is 5.56 Å². The second-order valence-electron chi connectivity index (χ2n) is 9.92. The van der Waals surface area contributed by atoms with E-state index in [9.17, 15) is 19.5 Å². The van der Waals surface area contributed by atoms with Crippen molar-refractivity contribution < 1.29 is 24.2 Å². The number of thioether (sulfide) groups is 1. The van der Waals surface area contributed by atoms with Crippen molar-refractivity contribution in [3.05, 3.63) is 61.2 Å². The number of amides is 2. The van der Waals surface area contributed by atoms with Crippen molar-refractivity contribution in [2.75, 3.05) is 19.8 Å². The van der Waals surface area contributed by atoms with E-state index in [1.54, 1.807) is 34.6 Å². The summed E-state index contributed by atoms with van der Waals surface area (Å²) in [5.41, 5.74) is 0.976. The molecule has 1 aromatic carbocycles. The normalized spacial score (nSPS) is 31.7. The van der Waals surface area contributed by atoms with Gasteiger partial charge in [-0.15, -0.1) is 18.3 Å². The van der Waals surface area contributed by atoms with Crippen LogP contribution in [0.25, 0.3) is 0 Å². The lowest BCUT2D eigenvalue weighted by Crippen LogP contribution is -2.56. The van der Waals surface area contributed by atoms with Crippen molar-refractivity contribution in [1.29, 1.82) is 0 Å². The van der Waals surface area contributed by atoms with Crippen LogP contribution in [-0.2, 0) is 25.7 Å². The minimum Gasteiger partial charge on any atom is -0.461 e. The predicted molar refractivity (Wildman–Crippen MR) is 135 cm³/mol. The molecule has 188 valence electrons. The van der Waals surface area contributed by atoms with Crippen LogP contribution in [0, 0.1) is 11.8 Å². The zero-order chi connectivity index (χ0) is 25.4. The first kappa shape index (κ1) is 25.5. The SMILES string of the molecule is C=CCOC(=O)[C@H]1[C@H]2C(=O)N([C@H](C)CO)C(C(=O)N(CC=C)Cc3ccccc3)C23CC[C@]1(C)S3. The molecule has 0 aromatic heterocycles. The Kier molecular flexibility index (Phi) is 7.16. The molecule has 1 N–H and O–H groups in total. The number of aliphatic hydroxyl groups excluding tert-OH is 1. The van der Waals surface area contributed by atoms with Crippen LogP contribution in [0.1, 0.15) is 32.3 Å². The number of fused-ring (bicyclic) bond motifs is 1. The van der Waals surface area contributed by atoms with E-state index in [1.165, 1.54) is 6.08 Å². The van der Waals surface area contributed by atoms with Gasteiger partial charge >= 0.3 is 5.97 Å². The van der Waals surface area contributed by atoms with Gasteiger partial charge < -0.3 is 19.6 Å². The molecule has 3 aliphatic rings. The van der Waals surface area contributed by atoms with Crippen LogP contribution in [0.4, 0.5) is 0 Å². The molecule has 35 heavy (non-hydrogen) atoms. The van der Waals surface area contributed by atoms with Crippen LogP contribution in [0.15, 0.2) is 55.6 Å². The number of likely N-dealkylation sites (tertiary alicyclic amines) is 1. The molecule has 1 spiro atoms. The summed E-state index contributed by atoms with van der Waals surface area (Å²) >= 11 is 1.59. The van der Waals surface area contributed by atoms with Gasteiger partial charge in [0.2, 0.25) is 11.8 Å². The lowest BCUT2D eigenvalue weighted by molar-refractivity contribution is -0.155. The van der Waals surface area contributed by atoms with Crippen LogP contribution in [0.2, 0.25) is 0 Å². The summed E-state index contributed by atoms with van der Waals surface area (Å²) in [4.78, 5) is 44.6. The molecule has 4 rings (SSSR count). The van der Waals surface area contributed by atoms with Gasteiger partial charge in [-0.3, -0.25) is 14.4 Å². The fraction of sp³-hybridized carbons (Fsp3) is 0.519. The molecular formula is C27H34N2O5S. The molecule has 3 aliphatic heterocycles. The lowest BCUT2D eigenvalue weighted by atomic mass is 9.66. The van der Waals surface area contributed by atoms with Crippen LogP contribution >= 0.6 is 11.8 Å². The molecule has 2 unspecified atom stereocenters. The Bertz CT molecular complexity index is 1020. The molecule has 2 amide bonds. The molecule has 0 aliphatic carbocycles. The Morgan fingerprint density at radius 1 is 1.29 bits per heavy atom. The van der Waals surface area contributed by atoms with Crippen molar-refractivity contribution in [3.63, 3.8) is 0 Å². The van der Waals surface area contributed by atoms with Crippen LogP contribution < -0.4 is 0 Å². The predicted octanol–water partition coefficient (Wildman–Crippen LogP) is 2.79. The number of esters is 1. The Balaban J connectivity index is 1.75. The van der Waals surface area contributed by atoms with Gasteiger partial charge in [-0.05, 0) is 32.3 Å². The first-order valence-corrected chi connectivity index (χ1v) is 12.9. The number of benzene rings is 1. The molecule has 0 radical (unpaired) electrons. The van der Waals surface area contributed by atoms with E-state index in [1.807, 2.05) is 37.3 Å². The van der Waals surface area contributed by atoms with E-state index in [-0.39, 0.29) is 25.0 Å². The first-order chi connectivity index (χ1) is 16.7. The Morgan fingerprint density at radius 2 is 2.00 bits per heavy atom. The van der Waals surface area contributed by atoms with Gasteiger partial charge in [0.1, 0.15) is 12.6 Å². The summed E-state index contributed by atoms with van der Waals surface area (Å²) in [7, 11) is 0. The number of hydrogen-bond acceptors (Lipinski definition) is 6. The summed E-state index contributed by atoms with van der Waals surface area (Å²) in [6.45, 7) is 11.7. The summed E-state index contributed by atoms with van der Waals surface area (Å²) in [5.74, 6) is -2.17. The standard InChI is InChI=1S/C27H34N2O5S/c1-5-14-28(16-19-10-8-7-9-11-19)24(32)22-27-13-12-26(4,35-27)21(25(33)34-15-6-2)20(27)23(31)29(22)18(3)17-30/h5-11,18,20-22,30H,1-2,12-17H2,3-4H3/t18-,20+,21-,22?,26+,27?/m1/s1. The third-order valence-electron chi connectivity index (χ3n) is 7.66. The van der Waals surface area contributed by atoms with Crippen LogP contribution in [0.3, 0.4) is 0 Å². The second-order valence-corrected chi connectivity index (χ2v) is 11.8. The fourth-order valence-corrected chi connectivity index (χ4v) is 8.48. The summed E-state index contributed by atoms with van der Waals surface area (Å²) in [6.07, 6.45) is 4.55. The van der Waals surface area contributed by atoms with Crippen molar-refractivity contribution in [3.8, 4) is 0 Å². The number of rotatable bonds is 10. The van der Waals surface area contributed by atoms with Crippen molar-refractivity contribution in [2.24, 2.45) is 11.8 Å². The first-order valence-electron chi connectivity index (χ1n) is 12.1. The maximum absolute atomic E-state index is 14.3. The molecule has 8 heteroatoms. The average molecular weight is 499 g/mol. The van der Waals surface area contributed by atoms with E-state index in [0.29, 0.717) is 25.9 Å². The highest BCUT2D eigenvalue weighted by atomic mass is 32.2. The van der Waals surface area contributed by atoms with Gasteiger partial charge in [0.25, 0.3) is 0 Å². The highest BCUT2D eigenvalue weighted by Crippen LogP contribution is 2.71. The molecule has 3 heterocycles. The minimum atomic E-state index is -0.783. The molecule has 1 aromatic rings. The Hall–Kier alpha value is -2.58. The Morgan fingerprint density at radius 3 is 2.63 bits per heavy atom. The van der Waals surface area contributed by atoms with Crippen LogP contribution in [-0.4, -0.2) is 74.0 Å². The van der Waals surface area contributed by atoms with Gasteiger partial charge in [-0.2, -0.15) is 0 Å². The number of carbonyl (C=O) groups excluding carboxylic acids is 3. The van der Waals surface area contributed by atoms with Gasteiger partial charge in [0.15, 0.2) is 0 Å². The molecule has 6 atom stereocenters. The van der Waals surface area contributed by atoms with Crippen molar-refractivity contribution >= 4 is 29.5 Å². The zero-order valence-corrected chi connectivity index (χ0v) is 21.2. The molecule has 3 fully saturated rings. The van der Waals surface area contributed by atoms with Crippen LogP contribution in [0.5, 0.6) is 0 Å². The number of ether oxygens (including phenoxy) is 1. The molecular weight excluding hydrogens is 464 g/mol. The topological polar surface area (TPSA) is 87.1 Å². The number of nitrogens with zero attached hydrogens (tertiary/aromatic N) is 2. The average Bonchev–Trinajstić information content (AvgIpc) is 3.42. The van der Waals surface area contributed by atoms with Crippen molar-refractivity contribution in [1.82, 2.24) is 9.80 Å². The van der Waals surface area contributed by atoms with Crippen molar-refractivity contribution in [2.45, 2.75) is 54.8 Å². The quantitative estimate of drug-likeness (QED) is 0.394.